The van der Waals surface area contributed by atoms with Gasteiger partial charge in [0.15, 0.2) is 4.77 Å². The number of nitrogens with zero attached hydrogens (tertiary/aromatic N) is 1. The predicted octanol–water partition coefficient (Wildman–Crippen LogP) is 1.96. The van der Waals surface area contributed by atoms with Gasteiger partial charge in [-0.15, -0.1) is 6.58 Å². The lowest BCUT2D eigenvalue weighted by atomic mass is 10.2. The molecule has 4 heteroatoms. The average molecular weight is 210 g/mol. The second kappa shape index (κ2) is 4.37. The van der Waals surface area contributed by atoms with Crippen molar-refractivity contribution in [2.24, 2.45) is 0 Å². The summed E-state index contributed by atoms with van der Waals surface area (Å²) in [6.45, 7) is 8.16. The number of allylic oxidation sites excluding steroid dienone is 1. The largest absolute Gasteiger partial charge is 0.318 e. The molecule has 1 heterocycles. The first-order valence-electron chi connectivity index (χ1n) is 4.55. The van der Waals surface area contributed by atoms with E-state index in [1.807, 2.05) is 18.4 Å². The number of hydrogen-bond acceptors (Lipinski definition) is 2. The number of nitrogens with one attached hydrogen (secondary N) is 1. The van der Waals surface area contributed by atoms with Crippen molar-refractivity contribution in [3.05, 3.63) is 39.0 Å². The Morgan fingerprint density at radius 3 is 2.79 bits per heavy atom. The van der Waals surface area contributed by atoms with Gasteiger partial charge in [0.05, 0.1) is 0 Å². The molecule has 0 bridgehead atoms. The molecule has 3 nitrogen and oxygen atoms in total. The monoisotopic (exact) mass is 210 g/mol. The van der Waals surface area contributed by atoms with Crippen LogP contribution in [0.25, 0.3) is 0 Å². The summed E-state index contributed by atoms with van der Waals surface area (Å²) in [7, 11) is 0. The molecule has 0 atom stereocenters. The molecule has 0 aliphatic carbocycles. The Kier molecular flexibility index (Phi) is 3.41. The normalized spacial score (nSPS) is 10.1. The van der Waals surface area contributed by atoms with Crippen LogP contribution < -0.4 is 5.56 Å². The highest BCUT2D eigenvalue weighted by atomic mass is 32.1. The van der Waals surface area contributed by atoms with Gasteiger partial charge in [0.2, 0.25) is 0 Å². The zero-order valence-corrected chi connectivity index (χ0v) is 9.28. The molecule has 0 aromatic carbocycles. The molecular weight excluding hydrogens is 196 g/mol. The minimum Gasteiger partial charge on any atom is -0.318 e. The van der Waals surface area contributed by atoms with Crippen LogP contribution in [0.1, 0.15) is 18.2 Å². The first-order chi connectivity index (χ1) is 6.61. The van der Waals surface area contributed by atoms with E-state index in [4.69, 9.17) is 12.2 Å². The summed E-state index contributed by atoms with van der Waals surface area (Å²) in [5.74, 6) is 0. The van der Waals surface area contributed by atoms with E-state index in [0.29, 0.717) is 17.7 Å². The predicted molar refractivity (Wildman–Crippen MR) is 60.2 cm³/mol. The molecule has 0 amide bonds. The summed E-state index contributed by atoms with van der Waals surface area (Å²) in [6.07, 6.45) is 2.48. The molecule has 0 radical (unpaired) electrons. The van der Waals surface area contributed by atoms with Crippen LogP contribution in [-0.2, 0) is 13.0 Å². The molecule has 1 rings (SSSR count). The van der Waals surface area contributed by atoms with E-state index >= 15 is 0 Å². The summed E-state index contributed by atoms with van der Waals surface area (Å²) in [5, 5.41) is 0. The van der Waals surface area contributed by atoms with Crippen molar-refractivity contribution >= 4 is 12.2 Å². The van der Waals surface area contributed by atoms with Crippen molar-refractivity contribution in [3.8, 4) is 0 Å². The Morgan fingerprint density at radius 1 is 1.64 bits per heavy atom. The van der Waals surface area contributed by atoms with Crippen LogP contribution in [0.15, 0.2) is 17.4 Å². The highest BCUT2D eigenvalue weighted by molar-refractivity contribution is 7.71. The second-order valence-electron chi connectivity index (χ2n) is 3.08. The van der Waals surface area contributed by atoms with E-state index in [2.05, 4.69) is 11.6 Å². The van der Waals surface area contributed by atoms with Crippen molar-refractivity contribution in [1.29, 1.82) is 0 Å². The Labute approximate surface area is 88.1 Å². The van der Waals surface area contributed by atoms with Crippen molar-refractivity contribution in [2.45, 2.75) is 26.8 Å². The Hall–Kier alpha value is -1.16. The van der Waals surface area contributed by atoms with Crippen LogP contribution in [0.4, 0.5) is 0 Å². The van der Waals surface area contributed by atoms with E-state index in [1.54, 1.807) is 6.08 Å². The van der Waals surface area contributed by atoms with Gasteiger partial charge in [-0.25, -0.2) is 0 Å². The van der Waals surface area contributed by atoms with E-state index in [-0.39, 0.29) is 5.56 Å². The van der Waals surface area contributed by atoms with Crippen LogP contribution in [-0.4, -0.2) is 9.55 Å². The molecule has 0 aliphatic rings. The smallest absolute Gasteiger partial charge is 0.255 e. The molecule has 1 N–H and O–H groups in total. The minimum absolute atomic E-state index is 0.0738. The standard InChI is InChI=1S/C10H14N2OS/c1-4-6-12-7(3)8(5-2)9(13)11-10(12)14/h4H,1,5-6H2,2-3H3,(H,11,13,14). The van der Waals surface area contributed by atoms with Gasteiger partial charge in [0.25, 0.3) is 5.56 Å². The van der Waals surface area contributed by atoms with Crippen LogP contribution in [0, 0.1) is 11.7 Å². The maximum absolute atomic E-state index is 11.5. The third kappa shape index (κ3) is 1.85. The second-order valence-corrected chi connectivity index (χ2v) is 3.46. The van der Waals surface area contributed by atoms with Crippen LogP contribution in [0.2, 0.25) is 0 Å². The zero-order chi connectivity index (χ0) is 10.7. The molecule has 0 unspecified atom stereocenters. The van der Waals surface area contributed by atoms with E-state index in [9.17, 15) is 4.79 Å². The van der Waals surface area contributed by atoms with Gasteiger partial charge in [-0.05, 0) is 25.6 Å². The van der Waals surface area contributed by atoms with Gasteiger partial charge in [0.1, 0.15) is 0 Å². The van der Waals surface area contributed by atoms with Crippen molar-refractivity contribution < 1.29 is 0 Å². The van der Waals surface area contributed by atoms with Gasteiger partial charge >= 0.3 is 0 Å². The van der Waals surface area contributed by atoms with Gasteiger partial charge in [-0.3, -0.25) is 9.78 Å². The van der Waals surface area contributed by atoms with Gasteiger partial charge < -0.3 is 4.57 Å². The first kappa shape index (κ1) is 10.9. The van der Waals surface area contributed by atoms with Gasteiger partial charge in [-0.1, -0.05) is 13.0 Å². The number of rotatable bonds is 3. The Morgan fingerprint density at radius 2 is 2.29 bits per heavy atom. The summed E-state index contributed by atoms with van der Waals surface area (Å²) in [5.41, 5.74) is 1.65. The number of aromatic nitrogens is 2. The number of H-pyrrole nitrogens is 1. The Balaban J connectivity index is 3.51. The fourth-order valence-electron chi connectivity index (χ4n) is 1.48. The fourth-order valence-corrected chi connectivity index (χ4v) is 1.79. The summed E-state index contributed by atoms with van der Waals surface area (Å²) < 4.78 is 2.34. The Bertz CT molecular complexity index is 456. The molecule has 0 fully saturated rings. The molecule has 0 spiro atoms. The van der Waals surface area contributed by atoms with E-state index in [0.717, 1.165) is 11.3 Å². The molecule has 0 saturated heterocycles. The van der Waals surface area contributed by atoms with Crippen molar-refractivity contribution in [2.75, 3.05) is 0 Å². The molecule has 0 saturated carbocycles. The molecule has 76 valence electrons. The fraction of sp³-hybridized carbons (Fsp3) is 0.400. The van der Waals surface area contributed by atoms with Crippen molar-refractivity contribution in [1.82, 2.24) is 9.55 Å². The summed E-state index contributed by atoms with van der Waals surface area (Å²) in [6, 6.07) is 0. The van der Waals surface area contributed by atoms with E-state index in [1.165, 1.54) is 0 Å². The highest BCUT2D eigenvalue weighted by Crippen LogP contribution is 2.04. The lowest BCUT2D eigenvalue weighted by Gasteiger charge is -2.11. The number of hydrogen-bond donors (Lipinski definition) is 1. The van der Waals surface area contributed by atoms with Crippen LogP contribution >= 0.6 is 12.2 Å². The maximum Gasteiger partial charge on any atom is 0.255 e. The van der Waals surface area contributed by atoms with Crippen LogP contribution in [0.5, 0.6) is 0 Å². The SMILES string of the molecule is C=CCn1c(C)c(CC)c(=O)[nH]c1=S. The summed E-state index contributed by atoms with van der Waals surface area (Å²) >= 11 is 5.06. The quantitative estimate of drug-likeness (QED) is 0.611. The first-order valence-corrected chi connectivity index (χ1v) is 4.96. The lowest BCUT2D eigenvalue weighted by molar-refractivity contribution is 0.715. The van der Waals surface area contributed by atoms with Crippen LogP contribution in [0.3, 0.4) is 0 Å². The summed E-state index contributed by atoms with van der Waals surface area (Å²) in [4.78, 5) is 14.1. The molecule has 1 aromatic rings. The maximum atomic E-state index is 11.5. The molecule has 14 heavy (non-hydrogen) atoms. The van der Waals surface area contributed by atoms with Gasteiger partial charge in [0, 0.05) is 17.8 Å². The third-order valence-electron chi connectivity index (χ3n) is 2.25. The topological polar surface area (TPSA) is 37.8 Å². The van der Waals surface area contributed by atoms with Crippen molar-refractivity contribution in [3.63, 3.8) is 0 Å². The molecule has 1 aromatic heterocycles. The van der Waals surface area contributed by atoms with Gasteiger partial charge in [-0.2, -0.15) is 0 Å². The molecular formula is C10H14N2OS. The highest BCUT2D eigenvalue weighted by Gasteiger charge is 2.05. The average Bonchev–Trinajstić information content (AvgIpc) is 2.12. The lowest BCUT2D eigenvalue weighted by Crippen LogP contribution is -2.21. The third-order valence-corrected chi connectivity index (χ3v) is 2.57. The minimum atomic E-state index is -0.0738. The van der Waals surface area contributed by atoms with E-state index < -0.39 is 0 Å². The number of aromatic amines is 1. The zero-order valence-electron chi connectivity index (χ0n) is 8.46. The molecule has 0 aliphatic heterocycles.